The molecule has 4 aromatic carbocycles. The van der Waals surface area contributed by atoms with E-state index in [1.165, 1.54) is 50.3 Å². The molecule has 0 aromatic heterocycles. The van der Waals surface area contributed by atoms with Gasteiger partial charge in [-0.3, -0.25) is 14.4 Å². The molecule has 47 heavy (non-hydrogen) atoms. The van der Waals surface area contributed by atoms with Gasteiger partial charge < -0.3 is 30.5 Å². The zero-order valence-electron chi connectivity index (χ0n) is 25.7. The van der Waals surface area contributed by atoms with E-state index in [4.69, 9.17) is 21.1 Å². The van der Waals surface area contributed by atoms with Crippen LogP contribution in [-0.4, -0.2) is 48.3 Å². The van der Waals surface area contributed by atoms with E-state index >= 15 is 0 Å². The fourth-order valence-corrected chi connectivity index (χ4v) is 5.66. The van der Waals surface area contributed by atoms with Crippen molar-refractivity contribution in [3.63, 3.8) is 0 Å². The number of rotatable bonds is 13. The zero-order chi connectivity index (χ0) is 33.9. The first kappa shape index (κ1) is 34.6. The summed E-state index contributed by atoms with van der Waals surface area (Å²) in [6, 6.07) is 24.9. The normalized spacial score (nSPS) is 11.6. The molecule has 0 heterocycles. The summed E-state index contributed by atoms with van der Waals surface area (Å²) in [6.45, 7) is 1.85. The Balaban J connectivity index is 1.55. The molecule has 3 amide bonds. The molecule has 4 N–H and O–H groups in total. The van der Waals surface area contributed by atoms with Crippen molar-refractivity contribution in [2.24, 2.45) is 0 Å². The molecular formula is C35H32ClN3O7S. The molecule has 0 bridgehead atoms. The highest BCUT2D eigenvalue weighted by atomic mass is 35.5. The van der Waals surface area contributed by atoms with Crippen molar-refractivity contribution in [1.29, 1.82) is 0 Å². The number of thioether (sulfide) groups is 1. The Morgan fingerprint density at radius 3 is 2.28 bits per heavy atom. The van der Waals surface area contributed by atoms with Crippen LogP contribution < -0.4 is 25.4 Å². The van der Waals surface area contributed by atoms with Crippen molar-refractivity contribution in [2.75, 3.05) is 24.9 Å². The lowest BCUT2D eigenvalue weighted by Crippen LogP contribution is -2.30. The number of hydrogen-bond acceptors (Lipinski definition) is 7. The molecule has 0 aliphatic heterocycles. The van der Waals surface area contributed by atoms with Crippen LogP contribution in [0.4, 0.5) is 11.4 Å². The van der Waals surface area contributed by atoms with Crippen LogP contribution in [-0.2, 0) is 9.59 Å². The van der Waals surface area contributed by atoms with E-state index in [1.807, 2.05) is 6.92 Å². The highest BCUT2D eigenvalue weighted by Gasteiger charge is 2.21. The average Bonchev–Trinajstić information content (AvgIpc) is 3.07. The van der Waals surface area contributed by atoms with Gasteiger partial charge in [-0.25, -0.2) is 4.79 Å². The van der Waals surface area contributed by atoms with E-state index in [2.05, 4.69) is 16.0 Å². The van der Waals surface area contributed by atoms with Crippen molar-refractivity contribution >= 4 is 64.5 Å². The Labute approximate surface area is 281 Å². The van der Waals surface area contributed by atoms with Crippen LogP contribution >= 0.6 is 23.4 Å². The van der Waals surface area contributed by atoms with Crippen LogP contribution in [0.3, 0.4) is 0 Å². The number of halogens is 1. The largest absolute Gasteiger partial charge is 0.493 e. The molecule has 4 rings (SSSR count). The standard InChI is InChI=1S/C35H32ClN3O7S/c1-4-30(34(42)38-24-16-17-27(36)26(20-24)35(43)44)47-25-14-9-13-23(19-25)37-33(41)28(39-32(40)21-10-6-5-7-11-21)18-22-12-8-15-29(45-2)31(22)46-3/h5-20,30H,4H2,1-3H3,(H,37,41)(H,38,42)(H,39,40)(H,43,44)/b28-18+. The zero-order valence-corrected chi connectivity index (χ0v) is 27.3. The first-order valence-electron chi connectivity index (χ1n) is 14.3. The van der Waals surface area contributed by atoms with Gasteiger partial charge in [-0.2, -0.15) is 0 Å². The van der Waals surface area contributed by atoms with Gasteiger partial charge >= 0.3 is 5.97 Å². The number of nitrogens with one attached hydrogen (secondary N) is 3. The lowest BCUT2D eigenvalue weighted by atomic mass is 10.1. The van der Waals surface area contributed by atoms with Crippen molar-refractivity contribution in [3.8, 4) is 11.5 Å². The van der Waals surface area contributed by atoms with Gasteiger partial charge in [-0.15, -0.1) is 11.8 Å². The molecule has 1 atom stereocenters. The fourth-order valence-electron chi connectivity index (χ4n) is 4.45. The smallest absolute Gasteiger partial charge is 0.337 e. The van der Waals surface area contributed by atoms with Gasteiger partial charge in [0.05, 0.1) is 30.1 Å². The van der Waals surface area contributed by atoms with Crippen LogP contribution in [0.1, 0.15) is 39.6 Å². The van der Waals surface area contributed by atoms with Crippen molar-refractivity contribution in [1.82, 2.24) is 5.32 Å². The van der Waals surface area contributed by atoms with Crippen molar-refractivity contribution in [2.45, 2.75) is 23.5 Å². The van der Waals surface area contributed by atoms with E-state index in [0.29, 0.717) is 45.3 Å². The van der Waals surface area contributed by atoms with E-state index in [-0.39, 0.29) is 22.2 Å². The summed E-state index contributed by atoms with van der Waals surface area (Å²) in [7, 11) is 2.98. The Bertz CT molecular complexity index is 1810. The van der Waals surface area contributed by atoms with Crippen LogP contribution in [0.2, 0.25) is 5.02 Å². The predicted molar refractivity (Wildman–Crippen MR) is 183 cm³/mol. The highest BCUT2D eigenvalue weighted by molar-refractivity contribution is 8.00. The van der Waals surface area contributed by atoms with Gasteiger partial charge in [0.25, 0.3) is 11.8 Å². The number of amides is 3. The van der Waals surface area contributed by atoms with Gasteiger partial charge in [0, 0.05) is 27.4 Å². The van der Waals surface area contributed by atoms with E-state index in [9.17, 15) is 24.3 Å². The first-order valence-corrected chi connectivity index (χ1v) is 15.6. The maximum absolute atomic E-state index is 13.7. The Kier molecular flexibility index (Phi) is 12.0. The number of ether oxygens (including phenoxy) is 2. The molecule has 242 valence electrons. The molecule has 4 aromatic rings. The van der Waals surface area contributed by atoms with Crippen molar-refractivity contribution in [3.05, 3.63) is 118 Å². The third kappa shape index (κ3) is 9.15. The third-order valence-electron chi connectivity index (χ3n) is 6.76. The number of para-hydroxylation sites is 1. The minimum atomic E-state index is -1.20. The maximum atomic E-state index is 13.7. The molecule has 1 unspecified atom stereocenters. The maximum Gasteiger partial charge on any atom is 0.337 e. The van der Waals surface area contributed by atoms with E-state index < -0.39 is 23.0 Å². The summed E-state index contributed by atoms with van der Waals surface area (Å²) in [6.07, 6.45) is 1.97. The van der Waals surface area contributed by atoms with Crippen LogP contribution in [0.15, 0.2) is 102 Å². The number of carboxylic acid groups (broad SMARTS) is 1. The second-order valence-corrected chi connectivity index (χ2v) is 11.6. The summed E-state index contributed by atoms with van der Waals surface area (Å²) in [5.74, 6) is -1.77. The number of carbonyl (C=O) groups excluding carboxylic acids is 3. The van der Waals surface area contributed by atoms with Gasteiger partial charge in [-0.05, 0) is 67.1 Å². The topological polar surface area (TPSA) is 143 Å². The van der Waals surface area contributed by atoms with Gasteiger partial charge in [0.15, 0.2) is 11.5 Å². The Hall–Kier alpha value is -5.26. The molecule has 0 saturated heterocycles. The van der Waals surface area contributed by atoms with E-state index in [0.717, 1.165) is 0 Å². The molecule has 0 spiro atoms. The summed E-state index contributed by atoms with van der Waals surface area (Å²) >= 11 is 7.23. The summed E-state index contributed by atoms with van der Waals surface area (Å²) < 4.78 is 10.9. The first-order chi connectivity index (χ1) is 22.6. The molecule has 0 aliphatic rings. The van der Waals surface area contributed by atoms with Crippen LogP contribution in [0.5, 0.6) is 11.5 Å². The van der Waals surface area contributed by atoms with Crippen LogP contribution in [0.25, 0.3) is 6.08 Å². The van der Waals surface area contributed by atoms with E-state index in [1.54, 1.807) is 72.8 Å². The molecule has 10 nitrogen and oxygen atoms in total. The highest BCUT2D eigenvalue weighted by Crippen LogP contribution is 2.33. The minimum absolute atomic E-state index is 0.0435. The number of hydrogen-bond donors (Lipinski definition) is 4. The SMILES string of the molecule is CCC(Sc1cccc(NC(=O)/C(=C\c2cccc(OC)c2OC)NC(=O)c2ccccc2)c1)C(=O)Nc1ccc(Cl)c(C(=O)O)c1. The lowest BCUT2D eigenvalue weighted by Gasteiger charge is -2.16. The molecule has 0 fully saturated rings. The van der Waals surface area contributed by atoms with Gasteiger partial charge in [0.2, 0.25) is 5.91 Å². The monoisotopic (exact) mass is 673 g/mol. The Morgan fingerprint density at radius 1 is 0.872 bits per heavy atom. The fraction of sp³-hybridized carbons (Fsp3) is 0.143. The molecule has 0 saturated carbocycles. The predicted octanol–water partition coefficient (Wildman–Crippen LogP) is 6.97. The molecule has 12 heteroatoms. The van der Waals surface area contributed by atoms with Crippen LogP contribution in [0, 0.1) is 0 Å². The summed E-state index contributed by atoms with van der Waals surface area (Å²) in [4.78, 5) is 52.0. The molecule has 0 radical (unpaired) electrons. The number of benzene rings is 4. The number of anilines is 2. The molecular weight excluding hydrogens is 642 g/mol. The lowest BCUT2D eigenvalue weighted by molar-refractivity contribution is -0.116. The van der Waals surface area contributed by atoms with Crippen molar-refractivity contribution < 1.29 is 33.8 Å². The third-order valence-corrected chi connectivity index (χ3v) is 8.45. The summed E-state index contributed by atoms with van der Waals surface area (Å²) in [5.41, 5.74) is 1.44. The van der Waals surface area contributed by atoms with Gasteiger partial charge in [0.1, 0.15) is 5.70 Å². The van der Waals surface area contributed by atoms with Gasteiger partial charge in [-0.1, -0.05) is 54.9 Å². The number of aromatic carboxylic acids is 1. The minimum Gasteiger partial charge on any atom is -0.493 e. The quantitative estimate of drug-likeness (QED) is 0.0880. The summed E-state index contributed by atoms with van der Waals surface area (Å²) in [5, 5.41) is 17.2. The second-order valence-electron chi connectivity index (χ2n) is 9.95. The number of carbonyl (C=O) groups is 4. The number of carboxylic acids is 1. The second kappa shape index (κ2) is 16.3. The Morgan fingerprint density at radius 2 is 1.60 bits per heavy atom. The molecule has 0 aliphatic carbocycles. The average molecular weight is 674 g/mol. The number of methoxy groups -OCH3 is 2.